The first-order valence-corrected chi connectivity index (χ1v) is 22.9. The summed E-state index contributed by atoms with van der Waals surface area (Å²) in [5, 5.41) is 0.491. The van der Waals surface area contributed by atoms with E-state index in [1.807, 2.05) is 65.6 Å². The highest BCUT2D eigenvalue weighted by molar-refractivity contribution is 7.54. The number of hydrogen-bond acceptors (Lipinski definition) is 11. The van der Waals surface area contributed by atoms with Gasteiger partial charge >= 0.3 is 19.7 Å². The van der Waals surface area contributed by atoms with E-state index in [0.29, 0.717) is 41.9 Å². The molecule has 2 amide bonds. The van der Waals surface area contributed by atoms with Gasteiger partial charge in [-0.2, -0.15) is 0 Å². The molecule has 330 valence electrons. The van der Waals surface area contributed by atoms with Gasteiger partial charge in [0.25, 0.3) is 5.91 Å². The van der Waals surface area contributed by atoms with Gasteiger partial charge in [0.05, 0.1) is 24.9 Å². The number of carbonyl (C=O) groups is 3. The molecule has 0 aliphatic carbocycles. The largest absolute Gasteiger partial charge is 0.478 e. The van der Waals surface area contributed by atoms with Crippen LogP contribution in [-0.2, 0) is 31.7 Å². The van der Waals surface area contributed by atoms with E-state index in [4.69, 9.17) is 28.2 Å². The molecule has 8 rings (SSSR count). The van der Waals surface area contributed by atoms with Gasteiger partial charge in [0, 0.05) is 56.4 Å². The maximum absolute atomic E-state index is 14.6. The summed E-state index contributed by atoms with van der Waals surface area (Å²) < 4.78 is 58.0. The molecule has 13 nitrogen and oxygen atoms in total. The van der Waals surface area contributed by atoms with Crippen LogP contribution >= 0.6 is 7.60 Å². The van der Waals surface area contributed by atoms with E-state index in [9.17, 15) is 23.3 Å². The third kappa shape index (κ3) is 10.1. The maximum atomic E-state index is 14.6. The summed E-state index contributed by atoms with van der Waals surface area (Å²) in [6.07, 6.45) is -0.760. The van der Waals surface area contributed by atoms with Crippen LogP contribution in [0.2, 0.25) is 0 Å². The Kier molecular flexibility index (Phi) is 13.6. The zero-order valence-corrected chi connectivity index (χ0v) is 36.4. The summed E-state index contributed by atoms with van der Waals surface area (Å²) in [6.45, 7) is 5.28. The summed E-state index contributed by atoms with van der Waals surface area (Å²) in [5.74, 6) is -0.565. The van der Waals surface area contributed by atoms with Crippen LogP contribution in [0, 0.1) is 5.82 Å². The highest BCUT2D eigenvalue weighted by Crippen LogP contribution is 2.50. The van der Waals surface area contributed by atoms with Crippen molar-refractivity contribution in [3.05, 3.63) is 167 Å². The highest BCUT2D eigenvalue weighted by Gasteiger charge is 2.39. The Balaban J connectivity index is 1.05. The number of hydrogen-bond donors (Lipinski definition) is 0. The van der Waals surface area contributed by atoms with Gasteiger partial charge in [-0.25, -0.2) is 18.5 Å². The Labute approximate surface area is 370 Å². The molecule has 3 heterocycles. The monoisotopic (exact) mass is 886 g/mol. The lowest BCUT2D eigenvalue weighted by Crippen LogP contribution is -2.50. The summed E-state index contributed by atoms with van der Waals surface area (Å²) in [5.41, 5.74) is 3.50. The SMILES string of the molecule is CCOC(=O)[C@@H](C)OP(=O)(CCN1CCN(C(=O)Oc2c3c(c(OC(c4ccccc4)c4ccccc4)c4ncccc24)C(=O)N(Cc2ccc(F)cc2)C3)CC1)Oc1ccccc1. The molecule has 2 aliphatic heterocycles. The molecule has 1 fully saturated rings. The van der Waals surface area contributed by atoms with E-state index in [0.717, 1.165) is 16.7 Å². The number of piperazine rings is 1. The molecule has 1 saturated heterocycles. The molecule has 2 atom stereocenters. The molecule has 2 aliphatic rings. The number of benzene rings is 5. The van der Waals surface area contributed by atoms with Gasteiger partial charge in [-0.3, -0.25) is 19.2 Å². The number of nitrogens with zero attached hydrogens (tertiary/aromatic N) is 4. The average Bonchev–Trinajstić information content (AvgIpc) is 3.64. The van der Waals surface area contributed by atoms with Crippen molar-refractivity contribution >= 4 is 36.5 Å². The molecule has 0 radical (unpaired) electrons. The number of halogens is 1. The molecule has 1 unspecified atom stereocenters. The zero-order valence-electron chi connectivity index (χ0n) is 35.5. The number of fused-ring (bicyclic) bond motifs is 2. The van der Waals surface area contributed by atoms with E-state index in [2.05, 4.69) is 0 Å². The van der Waals surface area contributed by atoms with Crippen molar-refractivity contribution in [2.24, 2.45) is 0 Å². The Hall–Kier alpha value is -6.60. The number of esters is 1. The molecule has 0 saturated carbocycles. The van der Waals surface area contributed by atoms with Crippen molar-refractivity contribution in [2.45, 2.75) is 39.1 Å². The standard InChI is InChI=1S/C49H48FN4O9P/c1-3-59-48(56)34(2)62-64(58,63-39-18-11-6-12-19-39)31-30-52-26-28-53(29-27-52)49(57)61-45-40-20-13-25-51-43(40)46(60-44(36-14-7-4-8-15-36)37-16-9-5-10-17-37)42-41(45)33-54(47(42)55)32-35-21-23-38(50)24-22-35/h4-25,34,44H,3,26-33H2,1-2H3/t34-,64?/m1/s1. The Morgan fingerprint density at radius 2 is 1.45 bits per heavy atom. The van der Waals surface area contributed by atoms with E-state index >= 15 is 0 Å². The molecule has 5 aromatic carbocycles. The van der Waals surface area contributed by atoms with Crippen LogP contribution in [0.25, 0.3) is 10.9 Å². The summed E-state index contributed by atoms with van der Waals surface area (Å²) in [7, 11) is -3.85. The number of aromatic nitrogens is 1. The highest BCUT2D eigenvalue weighted by atomic mass is 31.2. The van der Waals surface area contributed by atoms with Crippen LogP contribution in [0.3, 0.4) is 0 Å². The Morgan fingerprint density at radius 3 is 2.09 bits per heavy atom. The molecule has 0 spiro atoms. The number of rotatable bonds is 16. The lowest BCUT2D eigenvalue weighted by atomic mass is 9.99. The van der Waals surface area contributed by atoms with Crippen molar-refractivity contribution in [3.8, 4) is 17.2 Å². The second kappa shape index (κ2) is 19.8. The van der Waals surface area contributed by atoms with Crippen LogP contribution < -0.4 is 14.0 Å². The van der Waals surface area contributed by atoms with Crippen LogP contribution in [0.5, 0.6) is 17.2 Å². The molecule has 0 N–H and O–H groups in total. The first kappa shape index (κ1) is 44.0. The quantitative estimate of drug-likeness (QED) is 0.0680. The van der Waals surface area contributed by atoms with E-state index in [-0.39, 0.29) is 67.7 Å². The predicted octanol–water partition coefficient (Wildman–Crippen LogP) is 9.06. The maximum Gasteiger partial charge on any atom is 0.415 e. The van der Waals surface area contributed by atoms with E-state index < -0.39 is 31.9 Å². The Morgan fingerprint density at radius 1 is 0.812 bits per heavy atom. The smallest absolute Gasteiger partial charge is 0.415 e. The topological polar surface area (TPSA) is 137 Å². The molecule has 15 heteroatoms. The van der Waals surface area contributed by atoms with E-state index in [1.54, 1.807) is 77.5 Å². The second-order valence-corrected chi connectivity index (χ2v) is 17.5. The molecule has 1 aromatic heterocycles. The minimum Gasteiger partial charge on any atom is -0.478 e. The summed E-state index contributed by atoms with van der Waals surface area (Å²) in [4.78, 5) is 51.2. The number of carbonyl (C=O) groups excluding carboxylic acids is 3. The lowest BCUT2D eigenvalue weighted by Gasteiger charge is -2.34. The fourth-order valence-corrected chi connectivity index (χ4v) is 9.62. The van der Waals surface area contributed by atoms with Crippen molar-refractivity contribution in [3.63, 3.8) is 0 Å². The molecular formula is C49H48FN4O9P. The first-order chi connectivity index (χ1) is 31.1. The molecule has 64 heavy (non-hydrogen) atoms. The van der Waals surface area contributed by atoms with Gasteiger partial charge in [-0.05, 0) is 66.9 Å². The minimum absolute atomic E-state index is 0.0204. The third-order valence-corrected chi connectivity index (χ3v) is 13.0. The predicted molar refractivity (Wildman–Crippen MR) is 238 cm³/mol. The van der Waals surface area contributed by atoms with Crippen molar-refractivity contribution in [2.75, 3.05) is 45.5 Å². The van der Waals surface area contributed by atoms with Gasteiger partial charge in [-0.1, -0.05) is 91.0 Å². The van der Waals surface area contributed by atoms with Gasteiger partial charge in [0.2, 0.25) is 0 Å². The van der Waals surface area contributed by atoms with Crippen molar-refractivity contribution in [1.29, 1.82) is 0 Å². The van der Waals surface area contributed by atoms with Gasteiger partial charge in [0.15, 0.2) is 11.9 Å². The average molecular weight is 887 g/mol. The van der Waals surface area contributed by atoms with Gasteiger partial charge in [0.1, 0.15) is 28.9 Å². The van der Waals surface area contributed by atoms with E-state index in [1.165, 1.54) is 19.1 Å². The minimum atomic E-state index is -3.85. The van der Waals surface area contributed by atoms with Gasteiger partial charge in [-0.15, -0.1) is 0 Å². The number of pyridine rings is 1. The molecule has 6 aromatic rings. The van der Waals surface area contributed by atoms with Crippen molar-refractivity contribution < 1.29 is 46.6 Å². The zero-order chi connectivity index (χ0) is 44.6. The molecule has 0 bridgehead atoms. The van der Waals surface area contributed by atoms with Crippen LogP contribution in [-0.4, -0.2) is 89.2 Å². The fraction of sp³-hybridized carbons (Fsp3) is 0.265. The van der Waals surface area contributed by atoms with Gasteiger partial charge < -0.3 is 28.5 Å². The van der Waals surface area contributed by atoms with Crippen LogP contribution in [0.4, 0.5) is 9.18 Å². The van der Waals surface area contributed by atoms with Crippen molar-refractivity contribution in [1.82, 2.24) is 19.7 Å². The molecular weight excluding hydrogens is 839 g/mol. The number of para-hydroxylation sites is 1. The summed E-state index contributed by atoms with van der Waals surface area (Å²) >= 11 is 0. The normalized spacial score (nSPS) is 15.4. The Bertz CT molecular complexity index is 2590. The van der Waals surface area contributed by atoms with Crippen LogP contribution in [0.15, 0.2) is 134 Å². The fourth-order valence-electron chi connectivity index (χ4n) is 7.85. The lowest BCUT2D eigenvalue weighted by molar-refractivity contribution is -0.150. The number of ether oxygens (including phenoxy) is 3. The summed E-state index contributed by atoms with van der Waals surface area (Å²) in [6, 6.07) is 37.5. The first-order valence-electron chi connectivity index (χ1n) is 21.2. The second-order valence-electron chi connectivity index (χ2n) is 15.5. The third-order valence-electron chi connectivity index (χ3n) is 11.1. The van der Waals surface area contributed by atoms with Crippen LogP contribution in [0.1, 0.15) is 52.6 Å². The number of amides is 2.